The van der Waals surface area contributed by atoms with E-state index in [-0.39, 0.29) is 57.1 Å². The van der Waals surface area contributed by atoms with Gasteiger partial charge in [0.05, 0.1) is 37.6 Å². The van der Waals surface area contributed by atoms with Crippen molar-refractivity contribution >= 4 is 30.0 Å². The fourth-order valence-corrected chi connectivity index (χ4v) is 11.6. The quantitative estimate of drug-likeness (QED) is 0.0432. The fourth-order valence-electron chi connectivity index (χ4n) is 11.6. The van der Waals surface area contributed by atoms with E-state index in [0.29, 0.717) is 16.7 Å². The van der Waals surface area contributed by atoms with Crippen molar-refractivity contribution < 1.29 is 104 Å². The molecule has 0 radical (unpaired) electrons. The Morgan fingerprint density at radius 2 is 0.780 bits per heavy atom. The Morgan fingerprint density at radius 1 is 0.418 bits per heavy atom. The van der Waals surface area contributed by atoms with Crippen LogP contribution in [0, 0.1) is 0 Å². The van der Waals surface area contributed by atoms with Crippen molar-refractivity contribution in [3.05, 3.63) is 215 Å². The van der Waals surface area contributed by atoms with Crippen LogP contribution in [0.1, 0.15) is 82.1 Å². The third-order valence-corrected chi connectivity index (χ3v) is 15.8. The standard InChI is InChI=1S/C68H69NO22/c1-40(70)80-54-51-49(38-77-62(87-51)45-28-15-6-16-29-45)83-66(58(54)81-41(2)71)91-56-53-50(39-78-64(89-53)47-32-19-8-20-33-47)84-67(59(56)86-61(73)44-26-13-5-14-27-44)90-55-52-48(37-76-63(88-52)46-30-17-7-18-31-46)82-65(57(55)85-60(72)43-24-11-4-12-25-43)75-35-21-34-69-68(74)79-36-42-22-9-3-10-23-42/h3-20,22-33,48-59,62-67H,21,34-39H2,1-2H3,(H,69,74)/t48-,49-,50-,51-,52-,53-,54+,55+,56+,57-,58-,59-,62?,63?,64?,65-,66?,67+/m1/s1. The summed E-state index contributed by atoms with van der Waals surface area (Å²) in [5.74, 6) is -3.18. The maximum atomic E-state index is 14.9. The lowest BCUT2D eigenvalue weighted by molar-refractivity contribution is -0.420. The van der Waals surface area contributed by atoms with E-state index in [4.69, 9.17) is 80.5 Å². The molecule has 18 atom stereocenters. The molecule has 23 heteroatoms. The van der Waals surface area contributed by atoms with Gasteiger partial charge in [0, 0.05) is 37.1 Å². The lowest BCUT2D eigenvalue weighted by Crippen LogP contribution is -2.70. The predicted molar refractivity (Wildman–Crippen MR) is 313 cm³/mol. The van der Waals surface area contributed by atoms with Crippen LogP contribution in [0.3, 0.4) is 0 Å². The van der Waals surface area contributed by atoms with Crippen LogP contribution in [0.4, 0.5) is 4.79 Å². The number of carbonyl (C=O) groups excluding carboxylic acids is 5. The molecule has 0 spiro atoms. The van der Waals surface area contributed by atoms with E-state index in [1.165, 1.54) is 13.8 Å². The van der Waals surface area contributed by atoms with Crippen LogP contribution in [-0.2, 0) is 96.7 Å². The first-order valence-electron chi connectivity index (χ1n) is 30.2. The van der Waals surface area contributed by atoms with Crippen LogP contribution in [0.5, 0.6) is 0 Å². The van der Waals surface area contributed by atoms with Gasteiger partial charge in [-0.2, -0.15) is 0 Å². The minimum atomic E-state index is -1.73. The molecule has 6 heterocycles. The van der Waals surface area contributed by atoms with Crippen molar-refractivity contribution in [1.82, 2.24) is 5.32 Å². The topological polar surface area (TPSA) is 254 Å². The number of nitrogens with one attached hydrogen (secondary N) is 1. The highest BCUT2D eigenvalue weighted by Gasteiger charge is 2.61. The first kappa shape index (κ1) is 63.2. The highest BCUT2D eigenvalue weighted by Crippen LogP contribution is 2.44. The second-order valence-corrected chi connectivity index (χ2v) is 22.2. The first-order valence-corrected chi connectivity index (χ1v) is 30.2. The van der Waals surface area contributed by atoms with Crippen molar-refractivity contribution in [3.8, 4) is 0 Å². The van der Waals surface area contributed by atoms with Crippen LogP contribution in [0.25, 0.3) is 0 Å². The number of fused-ring (bicyclic) bond motifs is 3. The summed E-state index contributed by atoms with van der Waals surface area (Å²) in [6, 6.07) is 53.0. The monoisotopic (exact) mass is 1250 g/mol. The Morgan fingerprint density at radius 3 is 1.21 bits per heavy atom. The van der Waals surface area contributed by atoms with Crippen molar-refractivity contribution in [2.45, 2.75) is 138 Å². The largest absolute Gasteiger partial charge is 0.455 e. The van der Waals surface area contributed by atoms with Gasteiger partial charge in [-0.1, -0.05) is 158 Å². The van der Waals surface area contributed by atoms with Crippen molar-refractivity contribution in [2.75, 3.05) is 33.0 Å². The van der Waals surface area contributed by atoms with Gasteiger partial charge >= 0.3 is 30.0 Å². The molecule has 4 unspecified atom stereocenters. The number of hydrogen-bond acceptors (Lipinski definition) is 22. The van der Waals surface area contributed by atoms with E-state index in [1.54, 1.807) is 60.7 Å². The maximum absolute atomic E-state index is 14.9. The zero-order valence-corrected chi connectivity index (χ0v) is 49.6. The average Bonchev–Trinajstić information content (AvgIpc) is 0.796. The van der Waals surface area contributed by atoms with Gasteiger partial charge in [-0.15, -0.1) is 0 Å². The van der Waals surface area contributed by atoms with Crippen LogP contribution in [0.2, 0.25) is 0 Å². The summed E-state index contributed by atoms with van der Waals surface area (Å²) in [4.78, 5) is 68.8. The smallest absolute Gasteiger partial charge is 0.407 e. The molecule has 6 fully saturated rings. The fraction of sp³-hybridized carbons (Fsp3) is 0.397. The van der Waals surface area contributed by atoms with Gasteiger partial charge in [-0.25, -0.2) is 14.4 Å². The molecule has 0 aromatic heterocycles. The molecule has 23 nitrogen and oxygen atoms in total. The molecule has 0 aliphatic carbocycles. The molecule has 6 saturated heterocycles. The molecule has 478 valence electrons. The first-order chi connectivity index (χ1) is 44.5. The third-order valence-electron chi connectivity index (χ3n) is 15.8. The third kappa shape index (κ3) is 15.5. The molecule has 1 amide bonds. The molecule has 6 aliphatic rings. The van der Waals surface area contributed by atoms with Crippen molar-refractivity contribution in [3.63, 3.8) is 0 Å². The van der Waals surface area contributed by atoms with Gasteiger partial charge in [0.1, 0.15) is 55.4 Å². The molecule has 6 aliphatic heterocycles. The maximum Gasteiger partial charge on any atom is 0.407 e. The van der Waals surface area contributed by atoms with Crippen molar-refractivity contribution in [2.24, 2.45) is 0 Å². The molecule has 91 heavy (non-hydrogen) atoms. The van der Waals surface area contributed by atoms with Crippen LogP contribution in [-0.4, -0.2) is 155 Å². The molecular weight excluding hydrogens is 1180 g/mol. The molecule has 12 rings (SSSR count). The van der Waals surface area contributed by atoms with Crippen molar-refractivity contribution in [1.29, 1.82) is 0 Å². The number of benzene rings is 6. The Bertz CT molecular complexity index is 3340. The summed E-state index contributed by atoms with van der Waals surface area (Å²) in [6.45, 7) is 2.14. The Kier molecular flexibility index (Phi) is 20.8. The molecule has 0 saturated carbocycles. The Balaban J connectivity index is 0.916. The SMILES string of the molecule is CC(=O)O[C@H]1[C@@H]2OC(c3ccccc3)OC[C@H]2OC(O[C@@H]2[C@@H](OC(=O)c3ccccc3)[C@H](O[C@@H]3[C@@H](OC(=O)c4ccccc4)[C@H](OCCCNC(=O)OCc4ccccc4)O[C@@H]4COC(c5ccccc5)O[C@@H]34)O[C@@H]3COC(c4ccccc4)O[C@@H]23)[C@@H]1OC(C)=O. The summed E-state index contributed by atoms with van der Waals surface area (Å²) >= 11 is 0. The van der Waals surface area contributed by atoms with E-state index in [9.17, 15) is 24.0 Å². The number of ether oxygens (including phenoxy) is 17. The summed E-state index contributed by atoms with van der Waals surface area (Å²) in [5, 5.41) is 2.74. The van der Waals surface area contributed by atoms with Gasteiger partial charge in [-0.3, -0.25) is 9.59 Å². The van der Waals surface area contributed by atoms with E-state index >= 15 is 0 Å². The molecule has 6 aromatic rings. The van der Waals surface area contributed by atoms with E-state index in [1.807, 2.05) is 121 Å². The Labute approximate surface area is 524 Å². The van der Waals surface area contributed by atoms with Gasteiger partial charge in [0.2, 0.25) is 0 Å². The number of amides is 1. The van der Waals surface area contributed by atoms with Crippen LogP contribution >= 0.6 is 0 Å². The predicted octanol–water partition coefficient (Wildman–Crippen LogP) is 7.92. The summed E-state index contributed by atoms with van der Waals surface area (Å²) < 4.78 is 111. The summed E-state index contributed by atoms with van der Waals surface area (Å²) in [6.07, 6.45) is -23.9. The average molecular weight is 1250 g/mol. The molecular formula is C68H69NO22. The van der Waals surface area contributed by atoms with E-state index in [2.05, 4.69) is 5.32 Å². The Hall–Kier alpha value is -8.01. The van der Waals surface area contributed by atoms with Gasteiger partial charge < -0.3 is 85.8 Å². The zero-order chi connectivity index (χ0) is 62.6. The van der Waals surface area contributed by atoms with Gasteiger partial charge in [0.25, 0.3) is 0 Å². The van der Waals surface area contributed by atoms with Gasteiger partial charge in [-0.05, 0) is 36.2 Å². The molecule has 6 aromatic carbocycles. The number of carbonyl (C=O) groups is 5. The molecule has 0 bridgehead atoms. The lowest BCUT2D eigenvalue weighted by Gasteiger charge is -2.53. The summed E-state index contributed by atoms with van der Waals surface area (Å²) in [5.41, 5.74) is 3.04. The number of hydrogen-bond donors (Lipinski definition) is 1. The number of alkyl carbamates (subject to hydrolysis) is 1. The number of rotatable bonds is 20. The summed E-state index contributed by atoms with van der Waals surface area (Å²) in [7, 11) is 0. The molecule has 1 N–H and O–H groups in total. The zero-order valence-electron chi connectivity index (χ0n) is 49.6. The normalized spacial score (nSPS) is 31.0. The minimum Gasteiger partial charge on any atom is -0.455 e. The van der Waals surface area contributed by atoms with Crippen LogP contribution < -0.4 is 5.32 Å². The highest BCUT2D eigenvalue weighted by molar-refractivity contribution is 5.90. The van der Waals surface area contributed by atoms with Crippen LogP contribution in [0.15, 0.2) is 182 Å². The highest BCUT2D eigenvalue weighted by atomic mass is 16.8. The second-order valence-electron chi connectivity index (χ2n) is 22.2. The van der Waals surface area contributed by atoms with E-state index in [0.717, 1.165) is 5.56 Å². The minimum absolute atomic E-state index is 0.0558. The number of esters is 4. The van der Waals surface area contributed by atoms with E-state index < -0.39 is 141 Å². The second kappa shape index (κ2) is 30.0. The van der Waals surface area contributed by atoms with Gasteiger partial charge in [0.15, 0.2) is 62.2 Å². The lowest BCUT2D eigenvalue weighted by atomic mass is 9.94.